The van der Waals surface area contributed by atoms with Gasteiger partial charge in [-0.3, -0.25) is 0 Å². The molecule has 0 aliphatic heterocycles. The van der Waals surface area contributed by atoms with Gasteiger partial charge >= 0.3 is 0 Å². The lowest BCUT2D eigenvalue weighted by atomic mass is 10.1. The Bertz CT molecular complexity index is 422. The number of rotatable bonds is 8. The van der Waals surface area contributed by atoms with Gasteiger partial charge in [0, 0.05) is 0 Å². The normalized spacial score (nSPS) is 11.6. The molecule has 0 heterocycles. The first-order chi connectivity index (χ1) is 9.20. The number of benzene rings is 1. The lowest BCUT2D eigenvalue weighted by Crippen LogP contribution is -2.15. The highest BCUT2D eigenvalue weighted by Gasteiger charge is 2.12. The molecular weight excluding hydrogens is 264 g/mol. The van der Waals surface area contributed by atoms with Crippen molar-refractivity contribution in [1.29, 1.82) is 0 Å². The second-order valence-corrected chi connectivity index (χ2v) is 4.77. The zero-order chi connectivity index (χ0) is 14.1. The summed E-state index contributed by atoms with van der Waals surface area (Å²) in [5.74, 6) is 0.518. The molecule has 5 heteroatoms. The van der Waals surface area contributed by atoms with Gasteiger partial charge in [-0.05, 0) is 18.6 Å². The number of hydrogen-bond acceptors (Lipinski definition) is 3. The molecule has 0 radical (unpaired) electrons. The molecule has 0 bridgehead atoms. The van der Waals surface area contributed by atoms with Crippen molar-refractivity contribution in [1.82, 2.24) is 0 Å². The fourth-order valence-electron chi connectivity index (χ4n) is 1.81. The molecule has 1 aromatic rings. The van der Waals surface area contributed by atoms with Crippen molar-refractivity contribution in [3.05, 3.63) is 28.8 Å². The molecule has 1 aromatic carbocycles. The van der Waals surface area contributed by atoms with Crippen LogP contribution in [0.15, 0.2) is 23.4 Å². The standard InChI is InChI=1S/C14H21ClN2O2/c1-2-3-4-5-6-10-19-12-9-7-8-11(15)13(12)14(16)17-18/h7-9,18H,2-6,10H2,1H3,(H2,16,17). The Morgan fingerprint density at radius 3 is 2.74 bits per heavy atom. The molecule has 106 valence electrons. The van der Waals surface area contributed by atoms with Crippen molar-refractivity contribution >= 4 is 17.4 Å². The van der Waals surface area contributed by atoms with Gasteiger partial charge in [0.15, 0.2) is 5.84 Å². The van der Waals surface area contributed by atoms with Crippen LogP contribution in [0.1, 0.15) is 44.6 Å². The van der Waals surface area contributed by atoms with Crippen molar-refractivity contribution in [3.8, 4) is 5.75 Å². The molecule has 0 amide bonds. The second kappa shape index (κ2) is 8.64. The lowest BCUT2D eigenvalue weighted by Gasteiger charge is -2.11. The van der Waals surface area contributed by atoms with Crippen molar-refractivity contribution in [2.45, 2.75) is 39.0 Å². The van der Waals surface area contributed by atoms with E-state index in [1.807, 2.05) is 0 Å². The minimum atomic E-state index is -0.0356. The van der Waals surface area contributed by atoms with Crippen LogP contribution in [0.4, 0.5) is 0 Å². The molecule has 19 heavy (non-hydrogen) atoms. The maximum absolute atomic E-state index is 8.75. The molecule has 0 fully saturated rings. The third-order valence-electron chi connectivity index (χ3n) is 2.84. The fourth-order valence-corrected chi connectivity index (χ4v) is 2.07. The van der Waals surface area contributed by atoms with Crippen LogP contribution in [0, 0.1) is 0 Å². The second-order valence-electron chi connectivity index (χ2n) is 4.36. The van der Waals surface area contributed by atoms with E-state index < -0.39 is 0 Å². The first kappa shape index (κ1) is 15.6. The average Bonchev–Trinajstić information content (AvgIpc) is 2.42. The molecular formula is C14H21ClN2O2. The Kier molecular flexibility index (Phi) is 7.11. The van der Waals surface area contributed by atoms with Gasteiger partial charge in [0.2, 0.25) is 0 Å². The van der Waals surface area contributed by atoms with Crippen LogP contribution in [0.25, 0.3) is 0 Å². The monoisotopic (exact) mass is 284 g/mol. The Balaban J connectivity index is 2.56. The van der Waals surface area contributed by atoms with Crippen LogP contribution in [0.5, 0.6) is 5.75 Å². The third-order valence-corrected chi connectivity index (χ3v) is 3.16. The molecule has 0 saturated carbocycles. The number of amidine groups is 1. The van der Waals surface area contributed by atoms with Crippen LogP contribution < -0.4 is 10.5 Å². The highest BCUT2D eigenvalue weighted by atomic mass is 35.5. The predicted octanol–water partition coefficient (Wildman–Crippen LogP) is 3.78. The Morgan fingerprint density at radius 1 is 1.32 bits per heavy atom. The zero-order valence-electron chi connectivity index (χ0n) is 11.2. The molecule has 0 atom stereocenters. The molecule has 3 N–H and O–H groups in total. The summed E-state index contributed by atoms with van der Waals surface area (Å²) in [6.45, 7) is 2.79. The van der Waals surface area contributed by atoms with Crippen LogP contribution in [0.2, 0.25) is 5.02 Å². The van der Waals surface area contributed by atoms with Gasteiger partial charge in [-0.2, -0.15) is 0 Å². The molecule has 0 aliphatic rings. The Labute approximate surface area is 119 Å². The molecule has 0 saturated heterocycles. The predicted molar refractivity (Wildman–Crippen MR) is 78.2 cm³/mol. The Hall–Kier alpha value is -1.42. The van der Waals surface area contributed by atoms with Crippen LogP contribution >= 0.6 is 11.6 Å². The van der Waals surface area contributed by atoms with E-state index in [1.54, 1.807) is 18.2 Å². The van der Waals surface area contributed by atoms with E-state index in [9.17, 15) is 0 Å². The van der Waals surface area contributed by atoms with Crippen molar-refractivity contribution in [2.75, 3.05) is 6.61 Å². The maximum atomic E-state index is 8.75. The summed E-state index contributed by atoms with van der Waals surface area (Å²) >= 11 is 6.03. The minimum Gasteiger partial charge on any atom is -0.493 e. The van der Waals surface area contributed by atoms with Crippen LogP contribution in [0.3, 0.4) is 0 Å². The summed E-state index contributed by atoms with van der Waals surface area (Å²) in [6.07, 6.45) is 5.84. The van der Waals surface area contributed by atoms with Crippen molar-refractivity contribution in [2.24, 2.45) is 10.9 Å². The maximum Gasteiger partial charge on any atom is 0.175 e. The molecule has 1 rings (SSSR count). The summed E-state index contributed by atoms with van der Waals surface area (Å²) in [6, 6.07) is 5.23. The average molecular weight is 285 g/mol. The van der Waals surface area contributed by atoms with Gasteiger partial charge in [0.25, 0.3) is 0 Å². The highest BCUT2D eigenvalue weighted by molar-refractivity contribution is 6.34. The largest absolute Gasteiger partial charge is 0.493 e. The first-order valence-corrected chi connectivity index (χ1v) is 6.97. The van der Waals surface area contributed by atoms with E-state index in [-0.39, 0.29) is 5.84 Å². The van der Waals surface area contributed by atoms with Gasteiger partial charge in [0.05, 0.1) is 17.2 Å². The van der Waals surface area contributed by atoms with Crippen LogP contribution in [-0.2, 0) is 0 Å². The van der Waals surface area contributed by atoms with Gasteiger partial charge in [0.1, 0.15) is 5.75 Å². The summed E-state index contributed by atoms with van der Waals surface area (Å²) in [4.78, 5) is 0. The van der Waals surface area contributed by atoms with Gasteiger partial charge in [-0.15, -0.1) is 0 Å². The quantitative estimate of drug-likeness (QED) is 0.251. The topological polar surface area (TPSA) is 67.8 Å². The summed E-state index contributed by atoms with van der Waals surface area (Å²) in [5, 5.41) is 12.1. The molecule has 0 aliphatic carbocycles. The number of unbranched alkanes of at least 4 members (excludes halogenated alkanes) is 4. The smallest absolute Gasteiger partial charge is 0.175 e. The third kappa shape index (κ3) is 4.99. The van der Waals surface area contributed by atoms with Crippen molar-refractivity contribution in [3.63, 3.8) is 0 Å². The van der Waals surface area contributed by atoms with E-state index in [1.165, 1.54) is 19.3 Å². The van der Waals surface area contributed by atoms with Gasteiger partial charge in [-0.25, -0.2) is 0 Å². The first-order valence-electron chi connectivity index (χ1n) is 6.60. The number of ether oxygens (including phenoxy) is 1. The number of hydrogen-bond donors (Lipinski definition) is 2. The number of oxime groups is 1. The van der Waals surface area contributed by atoms with E-state index in [0.717, 1.165) is 12.8 Å². The van der Waals surface area contributed by atoms with Crippen LogP contribution in [-0.4, -0.2) is 17.6 Å². The van der Waals surface area contributed by atoms with E-state index >= 15 is 0 Å². The molecule has 0 unspecified atom stereocenters. The van der Waals surface area contributed by atoms with Crippen molar-refractivity contribution < 1.29 is 9.94 Å². The van der Waals surface area contributed by atoms with Gasteiger partial charge in [-0.1, -0.05) is 55.4 Å². The van der Waals surface area contributed by atoms with Gasteiger partial charge < -0.3 is 15.7 Å². The fraction of sp³-hybridized carbons (Fsp3) is 0.500. The van der Waals surface area contributed by atoms with E-state index in [4.69, 9.17) is 27.3 Å². The molecule has 0 spiro atoms. The highest BCUT2D eigenvalue weighted by Crippen LogP contribution is 2.26. The number of nitrogens with two attached hydrogens (primary N) is 1. The lowest BCUT2D eigenvalue weighted by molar-refractivity contribution is 0.302. The molecule has 0 aromatic heterocycles. The summed E-state index contributed by atoms with van der Waals surface area (Å²) in [7, 11) is 0. The SMILES string of the molecule is CCCCCCCOc1cccc(Cl)c1C(N)=NO. The van der Waals surface area contributed by atoms with E-state index in [2.05, 4.69) is 12.1 Å². The zero-order valence-corrected chi connectivity index (χ0v) is 12.0. The molecule has 4 nitrogen and oxygen atoms in total. The summed E-state index contributed by atoms with van der Waals surface area (Å²) < 4.78 is 5.66. The minimum absolute atomic E-state index is 0.0356. The number of halogens is 1. The summed E-state index contributed by atoms with van der Waals surface area (Å²) in [5.41, 5.74) is 6.05. The number of nitrogens with zero attached hydrogens (tertiary/aromatic N) is 1. The van der Waals surface area contributed by atoms with E-state index in [0.29, 0.717) is 22.9 Å². The Morgan fingerprint density at radius 2 is 2.05 bits per heavy atom.